The number of halogens is 1. The number of nitro benzene ring substituents is 1. The molecule has 0 spiro atoms. The number of benzene rings is 2. The Morgan fingerprint density at radius 1 is 1.23 bits per heavy atom. The fourth-order valence-electron chi connectivity index (χ4n) is 2.95. The van der Waals surface area contributed by atoms with Crippen LogP contribution in [0.15, 0.2) is 52.5 Å². The van der Waals surface area contributed by atoms with Crippen molar-refractivity contribution < 1.29 is 22.9 Å². The highest BCUT2D eigenvalue weighted by molar-refractivity contribution is 7.89. The number of ether oxygens (including phenoxy) is 1. The van der Waals surface area contributed by atoms with Gasteiger partial charge >= 0.3 is 0 Å². The molecule has 1 aliphatic heterocycles. The van der Waals surface area contributed by atoms with E-state index in [2.05, 4.69) is 10.5 Å². The van der Waals surface area contributed by atoms with Crippen molar-refractivity contribution in [2.24, 2.45) is 5.10 Å². The molecule has 0 atom stereocenters. The van der Waals surface area contributed by atoms with E-state index in [1.165, 1.54) is 53.7 Å². The van der Waals surface area contributed by atoms with Crippen LogP contribution in [0.3, 0.4) is 0 Å². The van der Waals surface area contributed by atoms with E-state index in [1.807, 2.05) is 0 Å². The molecule has 2 aromatic rings. The lowest BCUT2D eigenvalue weighted by atomic mass is 10.1. The van der Waals surface area contributed by atoms with Crippen LogP contribution in [0, 0.1) is 10.1 Å². The van der Waals surface area contributed by atoms with Gasteiger partial charge in [0.05, 0.1) is 34.3 Å². The number of hydrogen-bond acceptors (Lipinski definition) is 7. The number of morpholine rings is 1. The molecule has 164 valence electrons. The average Bonchev–Trinajstić information content (AvgIpc) is 2.77. The van der Waals surface area contributed by atoms with Crippen molar-refractivity contribution in [1.82, 2.24) is 9.73 Å². The first-order valence-corrected chi connectivity index (χ1v) is 11.0. The van der Waals surface area contributed by atoms with E-state index in [1.54, 1.807) is 0 Å². The third kappa shape index (κ3) is 5.25. The maximum atomic E-state index is 12.8. The number of carbonyl (C=O) groups excluding carboxylic acids is 1. The summed E-state index contributed by atoms with van der Waals surface area (Å²) in [4.78, 5) is 23.1. The van der Waals surface area contributed by atoms with Crippen molar-refractivity contribution in [3.63, 3.8) is 0 Å². The molecule has 12 heteroatoms. The highest BCUT2D eigenvalue weighted by Crippen LogP contribution is 2.23. The van der Waals surface area contributed by atoms with E-state index in [-0.39, 0.29) is 45.5 Å². The van der Waals surface area contributed by atoms with Gasteiger partial charge in [0, 0.05) is 29.7 Å². The second-order valence-corrected chi connectivity index (χ2v) is 8.98. The number of nitrogens with one attached hydrogen (secondary N) is 1. The Bertz CT molecular complexity index is 1150. The SMILES string of the molecule is CC(=NNC(=O)c1cccc(S(=O)(=O)N2CCOCC2)c1)c1cc(Cl)ccc1[N+](=O)[O-]. The smallest absolute Gasteiger partial charge is 0.278 e. The van der Waals surface area contributed by atoms with Gasteiger partial charge in [0.25, 0.3) is 11.6 Å². The lowest BCUT2D eigenvalue weighted by Crippen LogP contribution is -2.40. The summed E-state index contributed by atoms with van der Waals surface area (Å²) >= 11 is 5.91. The van der Waals surface area contributed by atoms with Crippen molar-refractivity contribution in [2.75, 3.05) is 26.3 Å². The lowest BCUT2D eigenvalue weighted by molar-refractivity contribution is -0.385. The van der Waals surface area contributed by atoms with E-state index >= 15 is 0 Å². The Morgan fingerprint density at radius 2 is 1.94 bits per heavy atom. The van der Waals surface area contributed by atoms with Gasteiger partial charge < -0.3 is 4.74 Å². The number of sulfonamides is 1. The number of amides is 1. The summed E-state index contributed by atoms with van der Waals surface area (Å²) in [7, 11) is -3.76. The topological polar surface area (TPSA) is 131 Å². The highest BCUT2D eigenvalue weighted by atomic mass is 35.5. The molecule has 1 saturated heterocycles. The maximum Gasteiger partial charge on any atom is 0.278 e. The van der Waals surface area contributed by atoms with Gasteiger partial charge in [-0.1, -0.05) is 17.7 Å². The van der Waals surface area contributed by atoms with Crippen molar-refractivity contribution in [1.29, 1.82) is 0 Å². The largest absolute Gasteiger partial charge is 0.379 e. The molecule has 0 aromatic heterocycles. The first-order valence-electron chi connectivity index (χ1n) is 9.17. The normalized spacial score (nSPS) is 15.5. The van der Waals surface area contributed by atoms with Crippen molar-refractivity contribution >= 4 is 38.9 Å². The lowest BCUT2D eigenvalue weighted by Gasteiger charge is -2.26. The predicted octanol–water partition coefficient (Wildman–Crippen LogP) is 2.42. The van der Waals surface area contributed by atoms with Crippen LogP contribution >= 0.6 is 11.6 Å². The summed E-state index contributed by atoms with van der Waals surface area (Å²) in [5.74, 6) is -0.664. The van der Waals surface area contributed by atoms with Gasteiger partial charge in [0.15, 0.2) is 0 Å². The minimum atomic E-state index is -3.76. The van der Waals surface area contributed by atoms with Crippen LogP contribution in [0.2, 0.25) is 5.02 Å². The Kier molecular flexibility index (Phi) is 7.01. The monoisotopic (exact) mass is 466 g/mol. The molecule has 0 radical (unpaired) electrons. The molecule has 0 aliphatic carbocycles. The number of nitro groups is 1. The van der Waals surface area contributed by atoms with E-state index < -0.39 is 20.9 Å². The van der Waals surface area contributed by atoms with Crippen LogP contribution < -0.4 is 5.43 Å². The minimum Gasteiger partial charge on any atom is -0.379 e. The van der Waals surface area contributed by atoms with Gasteiger partial charge in [0.1, 0.15) is 0 Å². The van der Waals surface area contributed by atoms with Crippen molar-refractivity contribution in [3.8, 4) is 0 Å². The van der Waals surface area contributed by atoms with Gasteiger partial charge in [-0.2, -0.15) is 9.41 Å². The van der Waals surface area contributed by atoms with Gasteiger partial charge in [-0.15, -0.1) is 0 Å². The van der Waals surface area contributed by atoms with E-state index in [4.69, 9.17) is 16.3 Å². The molecule has 2 aromatic carbocycles. The van der Waals surface area contributed by atoms with E-state index in [0.29, 0.717) is 13.2 Å². The van der Waals surface area contributed by atoms with Crippen LogP contribution in [0.1, 0.15) is 22.8 Å². The summed E-state index contributed by atoms with van der Waals surface area (Å²) in [5, 5.41) is 15.4. The number of hydrogen-bond donors (Lipinski definition) is 1. The minimum absolute atomic E-state index is 0.0202. The molecule has 0 bridgehead atoms. The van der Waals surface area contributed by atoms with Crippen LogP contribution in [0.25, 0.3) is 0 Å². The van der Waals surface area contributed by atoms with Gasteiger partial charge in [0.2, 0.25) is 10.0 Å². The quantitative estimate of drug-likeness (QED) is 0.395. The fourth-order valence-corrected chi connectivity index (χ4v) is 4.58. The standard InChI is InChI=1S/C19H19ClN4O6S/c1-13(17-12-15(20)5-6-18(17)24(26)27)21-22-19(25)14-3-2-4-16(11-14)31(28,29)23-7-9-30-10-8-23/h2-6,11-12H,7-10H2,1H3,(H,22,25). The van der Waals surface area contributed by atoms with E-state index in [0.717, 1.165) is 0 Å². The third-order valence-corrected chi connectivity index (χ3v) is 6.70. The molecule has 1 N–H and O–H groups in total. The first-order chi connectivity index (χ1) is 14.7. The molecule has 1 amide bonds. The summed E-state index contributed by atoms with van der Waals surface area (Å²) in [5.41, 5.74) is 2.48. The number of rotatable bonds is 6. The zero-order valence-corrected chi connectivity index (χ0v) is 18.0. The Hall–Kier alpha value is -2.86. The molecular formula is C19H19ClN4O6S. The molecule has 1 fully saturated rings. The molecular weight excluding hydrogens is 448 g/mol. The molecule has 31 heavy (non-hydrogen) atoms. The third-order valence-electron chi connectivity index (χ3n) is 4.57. The van der Waals surface area contributed by atoms with E-state index in [9.17, 15) is 23.3 Å². The summed E-state index contributed by atoms with van der Waals surface area (Å²) in [6.07, 6.45) is 0. The fraction of sp³-hybridized carbons (Fsp3) is 0.263. The second-order valence-electron chi connectivity index (χ2n) is 6.60. The molecule has 0 unspecified atom stereocenters. The molecule has 1 aliphatic rings. The zero-order chi connectivity index (χ0) is 22.6. The second kappa shape index (κ2) is 9.52. The summed E-state index contributed by atoms with van der Waals surface area (Å²) in [6, 6.07) is 9.58. The molecule has 0 saturated carbocycles. The Morgan fingerprint density at radius 3 is 2.61 bits per heavy atom. The average molecular weight is 467 g/mol. The maximum absolute atomic E-state index is 12.8. The van der Waals surface area contributed by atoms with Crippen molar-refractivity contribution in [2.45, 2.75) is 11.8 Å². The van der Waals surface area contributed by atoms with Gasteiger partial charge in [-0.25, -0.2) is 13.8 Å². The summed E-state index contributed by atoms with van der Waals surface area (Å²) in [6.45, 7) is 2.58. The molecule has 10 nitrogen and oxygen atoms in total. The Balaban J connectivity index is 1.81. The highest BCUT2D eigenvalue weighted by Gasteiger charge is 2.27. The zero-order valence-electron chi connectivity index (χ0n) is 16.4. The molecule has 3 rings (SSSR count). The van der Waals surface area contributed by atoms with Crippen LogP contribution in [0.5, 0.6) is 0 Å². The first kappa shape index (κ1) is 22.8. The number of nitrogens with zero attached hydrogens (tertiary/aromatic N) is 3. The molecule has 1 heterocycles. The van der Waals surface area contributed by atoms with Gasteiger partial charge in [-0.3, -0.25) is 14.9 Å². The van der Waals surface area contributed by atoms with Crippen molar-refractivity contribution in [3.05, 3.63) is 68.7 Å². The number of hydrazone groups is 1. The Labute approximate surface area is 183 Å². The van der Waals surface area contributed by atoms with Gasteiger partial charge in [-0.05, 0) is 37.3 Å². The summed E-state index contributed by atoms with van der Waals surface area (Å²) < 4.78 is 32.0. The van der Waals surface area contributed by atoms with Crippen LogP contribution in [-0.4, -0.2) is 55.6 Å². The van der Waals surface area contributed by atoms with Crippen LogP contribution in [0.4, 0.5) is 5.69 Å². The van der Waals surface area contributed by atoms with Crippen LogP contribution in [-0.2, 0) is 14.8 Å². The predicted molar refractivity (Wildman–Crippen MR) is 114 cm³/mol. The number of carbonyl (C=O) groups is 1.